The molecule has 13 rings (SSSR count). The highest BCUT2D eigenvalue weighted by atomic mass is 32.1. The summed E-state index contributed by atoms with van der Waals surface area (Å²) in [6.07, 6.45) is 0.940. The molecule has 267 valence electrons. The lowest BCUT2D eigenvalue weighted by Gasteiger charge is -2.35. The molecule has 3 heterocycles. The number of fused-ring (bicyclic) bond motifs is 14. The number of benzene rings is 8. The first-order valence-corrected chi connectivity index (χ1v) is 20.8. The molecule has 2 nitrogen and oxygen atoms in total. The topological polar surface area (TPSA) is 25.2 Å². The van der Waals surface area contributed by atoms with E-state index in [1.807, 2.05) is 11.3 Å². The SMILES string of the molecule is CC1(C)c2ccccc2-c2ccc(Nc3cc4ccccc4cc3-c3cc4c(oc5ccccc54)c4c3[B]c3cccc5c3C4Cc3c-5sc4ccccc34)cc21. The molecule has 2 aromatic heterocycles. The smallest absolute Gasteiger partial charge is 0.193 e. The third kappa shape index (κ3) is 4.37. The second-order valence-corrected chi connectivity index (χ2v) is 17.7. The van der Waals surface area contributed by atoms with Crippen molar-refractivity contribution in [2.45, 2.75) is 31.6 Å². The molecule has 4 heteroatoms. The van der Waals surface area contributed by atoms with Crippen LogP contribution in [0.25, 0.3) is 75.5 Å². The second kappa shape index (κ2) is 11.4. The first-order chi connectivity index (χ1) is 28.0. The van der Waals surface area contributed by atoms with E-state index in [1.165, 1.54) is 97.7 Å². The van der Waals surface area contributed by atoms with Gasteiger partial charge < -0.3 is 9.73 Å². The largest absolute Gasteiger partial charge is 0.456 e. The van der Waals surface area contributed by atoms with Gasteiger partial charge in [0.25, 0.3) is 0 Å². The molecular weight excluding hydrogens is 709 g/mol. The average molecular weight is 745 g/mol. The number of hydrogen-bond donors (Lipinski definition) is 1. The maximum atomic E-state index is 6.96. The van der Waals surface area contributed by atoms with Crippen LogP contribution in [0.4, 0.5) is 11.4 Å². The van der Waals surface area contributed by atoms with Crippen LogP contribution in [0.5, 0.6) is 0 Å². The van der Waals surface area contributed by atoms with Gasteiger partial charge in [0.1, 0.15) is 11.2 Å². The van der Waals surface area contributed by atoms with Crippen LogP contribution in [0.3, 0.4) is 0 Å². The van der Waals surface area contributed by atoms with Crippen molar-refractivity contribution in [2.75, 3.05) is 5.32 Å². The summed E-state index contributed by atoms with van der Waals surface area (Å²) in [7, 11) is 2.46. The molecule has 0 fully saturated rings. The lowest BCUT2D eigenvalue weighted by Crippen LogP contribution is -2.42. The number of hydrogen-bond acceptors (Lipinski definition) is 3. The minimum atomic E-state index is -0.0862. The van der Waals surface area contributed by atoms with Crippen molar-refractivity contribution in [3.63, 3.8) is 0 Å². The fourth-order valence-electron chi connectivity index (χ4n) is 10.6. The van der Waals surface area contributed by atoms with E-state index in [-0.39, 0.29) is 11.3 Å². The second-order valence-electron chi connectivity index (χ2n) is 16.6. The predicted molar refractivity (Wildman–Crippen MR) is 242 cm³/mol. The van der Waals surface area contributed by atoms with E-state index in [4.69, 9.17) is 4.42 Å². The van der Waals surface area contributed by atoms with Gasteiger partial charge in [-0.25, -0.2) is 0 Å². The van der Waals surface area contributed by atoms with E-state index in [2.05, 4.69) is 178 Å². The molecule has 10 aromatic rings. The highest BCUT2D eigenvalue weighted by molar-refractivity contribution is 7.22. The zero-order valence-corrected chi connectivity index (χ0v) is 32.4. The van der Waals surface area contributed by atoms with Gasteiger partial charge in [0, 0.05) is 48.6 Å². The standard InChI is InChI=1S/C53H35BNOS/c1-53(2)42-18-8-5-14-32(42)33-23-22-31(26-43(33)53)55-45-25-30-13-4-3-12-29(30)24-37(45)38-27-39-34-15-6-9-20-46(34)56-51(39)49-41-28-40-35-16-7-10-21-47(35)57-52(40)36-17-11-19-44(48(36)41)54-50(38)49/h3-27,41,55H,28H2,1-2H3. The number of nitrogens with one attached hydrogen (secondary N) is 1. The number of para-hydroxylation sites is 1. The molecule has 57 heavy (non-hydrogen) atoms. The van der Waals surface area contributed by atoms with Gasteiger partial charge in [0.05, 0.1) is 0 Å². The summed E-state index contributed by atoms with van der Waals surface area (Å²) in [6.45, 7) is 4.71. The molecule has 0 spiro atoms. The third-order valence-corrected chi connectivity index (χ3v) is 14.5. The van der Waals surface area contributed by atoms with Gasteiger partial charge in [-0.1, -0.05) is 134 Å². The molecule has 2 aliphatic carbocycles. The number of furan rings is 1. The van der Waals surface area contributed by atoms with Gasteiger partial charge in [0.2, 0.25) is 0 Å². The van der Waals surface area contributed by atoms with Gasteiger partial charge in [0.15, 0.2) is 7.28 Å². The molecule has 1 atom stereocenters. The van der Waals surface area contributed by atoms with Gasteiger partial charge >= 0.3 is 0 Å². The number of thiophene rings is 1. The van der Waals surface area contributed by atoms with Crippen molar-refractivity contribution in [1.29, 1.82) is 0 Å². The zero-order chi connectivity index (χ0) is 37.6. The Hall–Kier alpha value is -6.36. The molecule has 1 radical (unpaired) electrons. The summed E-state index contributed by atoms with van der Waals surface area (Å²) in [5, 5.41) is 10.1. The summed E-state index contributed by atoms with van der Waals surface area (Å²) in [6, 6.07) is 56.2. The van der Waals surface area contributed by atoms with Crippen molar-refractivity contribution >= 4 is 83.7 Å². The van der Waals surface area contributed by atoms with Crippen molar-refractivity contribution in [3.8, 4) is 32.7 Å². The molecule has 0 saturated carbocycles. The van der Waals surface area contributed by atoms with E-state index in [1.54, 1.807) is 0 Å². The quantitative estimate of drug-likeness (QED) is 0.182. The van der Waals surface area contributed by atoms with Gasteiger partial charge in [-0.3, -0.25) is 0 Å². The van der Waals surface area contributed by atoms with Crippen LogP contribution in [0.2, 0.25) is 0 Å². The Morgan fingerprint density at radius 3 is 2.28 bits per heavy atom. The van der Waals surface area contributed by atoms with Crippen molar-refractivity contribution in [2.24, 2.45) is 0 Å². The van der Waals surface area contributed by atoms with Crippen LogP contribution >= 0.6 is 11.3 Å². The zero-order valence-electron chi connectivity index (χ0n) is 31.6. The summed E-state index contributed by atoms with van der Waals surface area (Å²) in [5.74, 6) is 0.155. The monoisotopic (exact) mass is 744 g/mol. The summed E-state index contributed by atoms with van der Waals surface area (Å²) >= 11 is 1.94. The lowest BCUT2D eigenvalue weighted by atomic mass is 9.50. The van der Waals surface area contributed by atoms with E-state index in [0.717, 1.165) is 34.3 Å². The van der Waals surface area contributed by atoms with Crippen molar-refractivity contribution in [1.82, 2.24) is 0 Å². The summed E-state index contributed by atoms with van der Waals surface area (Å²) < 4.78 is 8.32. The Balaban J connectivity index is 1.06. The minimum absolute atomic E-state index is 0.0862. The highest BCUT2D eigenvalue weighted by Gasteiger charge is 2.39. The first kappa shape index (κ1) is 31.8. The van der Waals surface area contributed by atoms with Crippen LogP contribution in [0, 0.1) is 0 Å². The lowest BCUT2D eigenvalue weighted by molar-refractivity contribution is 0.655. The third-order valence-electron chi connectivity index (χ3n) is 13.3. The number of anilines is 2. The van der Waals surface area contributed by atoms with Crippen LogP contribution in [-0.2, 0) is 11.8 Å². The first-order valence-electron chi connectivity index (χ1n) is 20.0. The maximum Gasteiger partial charge on any atom is 0.193 e. The molecule has 0 saturated heterocycles. The fourth-order valence-corrected chi connectivity index (χ4v) is 11.9. The molecule has 1 aliphatic heterocycles. The van der Waals surface area contributed by atoms with Gasteiger partial charge in [-0.05, 0) is 115 Å². The van der Waals surface area contributed by atoms with E-state index >= 15 is 0 Å². The Kier molecular flexibility index (Phi) is 6.34. The van der Waals surface area contributed by atoms with Crippen molar-refractivity contribution < 1.29 is 4.42 Å². The molecule has 0 bridgehead atoms. The maximum absolute atomic E-state index is 6.96. The molecule has 0 amide bonds. The van der Waals surface area contributed by atoms with Crippen molar-refractivity contribution in [3.05, 3.63) is 179 Å². The Morgan fingerprint density at radius 1 is 0.614 bits per heavy atom. The fraction of sp³-hybridized carbons (Fsp3) is 0.0943. The molecule has 3 aliphatic rings. The van der Waals surface area contributed by atoms with Crippen LogP contribution in [0.15, 0.2) is 156 Å². The highest BCUT2D eigenvalue weighted by Crippen LogP contribution is 2.53. The van der Waals surface area contributed by atoms with E-state index in [9.17, 15) is 0 Å². The average Bonchev–Trinajstić information content (AvgIpc) is 3.88. The molecule has 1 N–H and O–H groups in total. The van der Waals surface area contributed by atoms with E-state index in [0.29, 0.717) is 0 Å². The normalized spacial score (nSPS) is 15.6. The van der Waals surface area contributed by atoms with Crippen LogP contribution in [0.1, 0.15) is 47.6 Å². The van der Waals surface area contributed by atoms with E-state index < -0.39 is 0 Å². The molecular formula is C53H35BNOS. The minimum Gasteiger partial charge on any atom is -0.456 e. The summed E-state index contributed by atoms with van der Waals surface area (Å²) in [4.78, 5) is 1.42. The predicted octanol–water partition coefficient (Wildman–Crippen LogP) is 13.0. The number of rotatable bonds is 3. The Labute approximate surface area is 335 Å². The summed E-state index contributed by atoms with van der Waals surface area (Å²) in [5.41, 5.74) is 20.0. The Bertz CT molecular complexity index is 3380. The molecule has 8 aromatic carbocycles. The van der Waals surface area contributed by atoms with Gasteiger partial charge in [-0.2, -0.15) is 0 Å². The van der Waals surface area contributed by atoms with Crippen LogP contribution in [-0.4, -0.2) is 7.28 Å². The Morgan fingerprint density at radius 2 is 1.37 bits per heavy atom. The van der Waals surface area contributed by atoms with Crippen LogP contribution < -0.4 is 16.2 Å². The molecule has 1 unspecified atom stereocenters. The van der Waals surface area contributed by atoms with Gasteiger partial charge in [-0.15, -0.1) is 11.3 Å².